The van der Waals surface area contributed by atoms with Crippen LogP contribution in [0.5, 0.6) is 0 Å². The van der Waals surface area contributed by atoms with Gasteiger partial charge in [0.1, 0.15) is 0 Å². The first-order valence-electron chi connectivity index (χ1n) is 9.71. The first-order chi connectivity index (χ1) is 12.6. The molecule has 0 aromatic heterocycles. The van der Waals surface area contributed by atoms with Crippen LogP contribution < -0.4 is 4.72 Å². The van der Waals surface area contributed by atoms with Gasteiger partial charge in [0.25, 0.3) is 0 Å². The molecule has 0 aliphatic carbocycles. The molecule has 5 nitrogen and oxygen atoms in total. The summed E-state index contributed by atoms with van der Waals surface area (Å²) in [5.41, 5.74) is 0. The topological polar surface area (TPSA) is 52.7 Å². The molecule has 1 N–H and O–H groups in total. The fourth-order valence-corrected chi connectivity index (χ4v) is 6.75. The molecule has 1 aromatic carbocycles. The van der Waals surface area contributed by atoms with E-state index in [0.29, 0.717) is 17.5 Å². The van der Waals surface area contributed by atoms with Crippen LogP contribution in [0.2, 0.25) is 0 Å². The summed E-state index contributed by atoms with van der Waals surface area (Å²) in [5, 5.41) is 0. The minimum absolute atomic E-state index is 0.348. The van der Waals surface area contributed by atoms with Crippen molar-refractivity contribution in [2.24, 2.45) is 11.8 Å². The van der Waals surface area contributed by atoms with Crippen molar-refractivity contribution in [2.45, 2.75) is 23.8 Å². The van der Waals surface area contributed by atoms with Crippen LogP contribution >= 0.6 is 11.8 Å². The Morgan fingerprint density at radius 1 is 1.12 bits per heavy atom. The molecule has 0 amide bonds. The highest BCUT2D eigenvalue weighted by molar-refractivity contribution is 7.99. The van der Waals surface area contributed by atoms with Crippen molar-refractivity contribution < 1.29 is 8.42 Å². The molecule has 26 heavy (non-hydrogen) atoms. The maximum absolute atomic E-state index is 12.5. The second-order valence-electron chi connectivity index (χ2n) is 7.77. The number of piperidine rings is 3. The van der Waals surface area contributed by atoms with E-state index < -0.39 is 10.0 Å². The first-order valence-corrected chi connectivity index (χ1v) is 12.3. The van der Waals surface area contributed by atoms with Crippen LogP contribution in [-0.2, 0) is 10.0 Å². The van der Waals surface area contributed by atoms with Crippen LogP contribution in [0.1, 0.15) is 12.8 Å². The van der Waals surface area contributed by atoms with Gasteiger partial charge in [0.15, 0.2) is 0 Å². The van der Waals surface area contributed by atoms with Gasteiger partial charge in [-0.2, -0.15) is 11.8 Å². The SMILES string of the molecule is O=S(=O)(NC[C@H]1C[C@@H]2CCN1C[C@@H]2CN1CCSCC1)c1ccccc1. The van der Waals surface area contributed by atoms with Crippen molar-refractivity contribution >= 4 is 21.8 Å². The van der Waals surface area contributed by atoms with Crippen molar-refractivity contribution in [1.82, 2.24) is 14.5 Å². The Kier molecular flexibility index (Phi) is 5.90. The molecule has 0 saturated carbocycles. The molecule has 0 radical (unpaired) electrons. The quantitative estimate of drug-likeness (QED) is 0.795. The normalized spacial score (nSPS) is 32.6. The summed E-state index contributed by atoms with van der Waals surface area (Å²) in [4.78, 5) is 5.52. The second-order valence-corrected chi connectivity index (χ2v) is 10.8. The van der Waals surface area contributed by atoms with Crippen molar-refractivity contribution in [2.75, 3.05) is 50.8 Å². The van der Waals surface area contributed by atoms with Crippen molar-refractivity contribution in [1.29, 1.82) is 0 Å². The van der Waals surface area contributed by atoms with Crippen LogP contribution in [0.3, 0.4) is 0 Å². The zero-order valence-corrected chi connectivity index (χ0v) is 16.9. The minimum atomic E-state index is -3.40. The van der Waals surface area contributed by atoms with Crippen LogP contribution in [0.4, 0.5) is 0 Å². The molecule has 5 rings (SSSR count). The first kappa shape index (κ1) is 18.7. The molecule has 4 fully saturated rings. The molecule has 0 spiro atoms. The Hall–Kier alpha value is -0.600. The van der Waals surface area contributed by atoms with E-state index in [1.54, 1.807) is 24.3 Å². The van der Waals surface area contributed by atoms with Crippen LogP contribution in [0.25, 0.3) is 0 Å². The van der Waals surface area contributed by atoms with Crippen molar-refractivity contribution in [3.8, 4) is 0 Å². The Morgan fingerprint density at radius 3 is 2.58 bits per heavy atom. The Labute approximate surface area is 161 Å². The summed E-state index contributed by atoms with van der Waals surface area (Å²) < 4.78 is 27.8. The van der Waals surface area contributed by atoms with E-state index in [1.165, 1.54) is 37.6 Å². The van der Waals surface area contributed by atoms with Gasteiger partial charge in [0, 0.05) is 50.3 Å². The van der Waals surface area contributed by atoms with Gasteiger partial charge >= 0.3 is 0 Å². The molecule has 4 aliphatic rings. The maximum atomic E-state index is 12.5. The predicted molar refractivity (Wildman–Crippen MR) is 107 cm³/mol. The summed E-state index contributed by atoms with van der Waals surface area (Å²) in [6, 6.07) is 9.03. The van der Waals surface area contributed by atoms with E-state index in [0.717, 1.165) is 31.3 Å². The van der Waals surface area contributed by atoms with Gasteiger partial charge in [-0.25, -0.2) is 13.1 Å². The Morgan fingerprint density at radius 2 is 1.88 bits per heavy atom. The van der Waals surface area contributed by atoms with Gasteiger partial charge in [0.2, 0.25) is 10.0 Å². The van der Waals surface area contributed by atoms with E-state index >= 15 is 0 Å². The van der Waals surface area contributed by atoms with Gasteiger partial charge in [0.05, 0.1) is 4.90 Å². The summed E-state index contributed by atoms with van der Waals surface area (Å²) in [7, 11) is -3.40. The number of benzene rings is 1. The van der Waals surface area contributed by atoms with Gasteiger partial charge in [-0.15, -0.1) is 0 Å². The molecule has 2 bridgehead atoms. The zero-order valence-electron chi connectivity index (χ0n) is 15.2. The van der Waals surface area contributed by atoms with Gasteiger partial charge in [-0.1, -0.05) is 18.2 Å². The lowest BCUT2D eigenvalue weighted by Crippen LogP contribution is -2.58. The van der Waals surface area contributed by atoms with Gasteiger partial charge < -0.3 is 4.90 Å². The van der Waals surface area contributed by atoms with Crippen molar-refractivity contribution in [3.05, 3.63) is 30.3 Å². The molecule has 1 aromatic rings. The summed E-state index contributed by atoms with van der Waals surface area (Å²) in [6.07, 6.45) is 2.40. The molecule has 1 unspecified atom stereocenters. The smallest absolute Gasteiger partial charge is 0.240 e. The van der Waals surface area contributed by atoms with Crippen LogP contribution in [-0.4, -0.2) is 75.0 Å². The molecular weight excluding hydrogens is 366 g/mol. The molecule has 4 aliphatic heterocycles. The largest absolute Gasteiger partial charge is 0.301 e. The van der Waals surface area contributed by atoms with E-state index in [2.05, 4.69) is 26.3 Å². The summed E-state index contributed by atoms with van der Waals surface area (Å²) in [6.45, 7) is 6.47. The number of sulfonamides is 1. The lowest BCUT2D eigenvalue weighted by atomic mass is 9.75. The molecule has 4 saturated heterocycles. The fourth-order valence-electron chi connectivity index (χ4n) is 4.67. The van der Waals surface area contributed by atoms with Crippen molar-refractivity contribution in [3.63, 3.8) is 0 Å². The summed E-state index contributed by atoms with van der Waals surface area (Å²) >= 11 is 2.07. The fraction of sp³-hybridized carbons (Fsp3) is 0.684. The van der Waals surface area contributed by atoms with Gasteiger partial charge in [-0.3, -0.25) is 4.90 Å². The number of rotatable bonds is 6. The highest BCUT2D eigenvalue weighted by Crippen LogP contribution is 2.36. The molecule has 144 valence electrons. The minimum Gasteiger partial charge on any atom is -0.301 e. The standard InChI is InChI=1S/C19H29N3O2S2/c23-26(24,19-4-2-1-3-5-19)20-13-18-12-16-6-7-22(18)15-17(16)14-21-8-10-25-11-9-21/h1-5,16-18,20H,6-15H2/t16-,17-,18+/m0/s1. The van der Waals surface area contributed by atoms with E-state index in [9.17, 15) is 8.42 Å². The third-order valence-electron chi connectivity index (χ3n) is 6.17. The number of fused-ring (bicyclic) bond motifs is 3. The van der Waals surface area contributed by atoms with E-state index in [4.69, 9.17) is 0 Å². The van der Waals surface area contributed by atoms with E-state index in [-0.39, 0.29) is 0 Å². The zero-order chi connectivity index (χ0) is 18.0. The average molecular weight is 396 g/mol. The van der Waals surface area contributed by atoms with Crippen LogP contribution in [0, 0.1) is 11.8 Å². The highest BCUT2D eigenvalue weighted by atomic mass is 32.2. The summed E-state index contributed by atoms with van der Waals surface area (Å²) in [5.74, 6) is 4.05. The van der Waals surface area contributed by atoms with Crippen LogP contribution in [0.15, 0.2) is 35.2 Å². The van der Waals surface area contributed by atoms with Gasteiger partial charge in [-0.05, 0) is 43.4 Å². The average Bonchev–Trinajstić information content (AvgIpc) is 2.69. The molecule has 4 atom stereocenters. The number of nitrogens with zero attached hydrogens (tertiary/aromatic N) is 2. The molecule has 7 heteroatoms. The molecular formula is C19H29N3O2S2. The lowest BCUT2D eigenvalue weighted by molar-refractivity contribution is -0.00914. The number of hydrogen-bond acceptors (Lipinski definition) is 5. The predicted octanol–water partition coefficient (Wildman–Crippen LogP) is 1.72. The number of nitrogens with one attached hydrogen (secondary N) is 1. The van der Waals surface area contributed by atoms with E-state index in [1.807, 2.05) is 6.07 Å². The highest BCUT2D eigenvalue weighted by Gasteiger charge is 2.40. The molecule has 4 heterocycles. The second kappa shape index (κ2) is 8.19. The Bertz CT molecular complexity index is 692. The number of hydrogen-bond donors (Lipinski definition) is 1. The Balaban J connectivity index is 1.32. The third kappa shape index (κ3) is 4.28. The maximum Gasteiger partial charge on any atom is 0.240 e. The third-order valence-corrected chi connectivity index (χ3v) is 8.55. The lowest BCUT2D eigenvalue weighted by Gasteiger charge is -2.51. The monoisotopic (exact) mass is 395 g/mol. The number of thioether (sulfide) groups is 1.